The van der Waals surface area contributed by atoms with Gasteiger partial charge in [0.1, 0.15) is 10.6 Å². The molecule has 0 radical (unpaired) electrons. The minimum Gasteiger partial charge on any atom is -0.469 e. The van der Waals surface area contributed by atoms with Crippen molar-refractivity contribution in [2.24, 2.45) is 7.05 Å². The van der Waals surface area contributed by atoms with Crippen molar-refractivity contribution in [3.8, 4) is 0 Å². The fourth-order valence-corrected chi connectivity index (χ4v) is 2.29. The topological polar surface area (TPSA) is 106 Å². The smallest absolute Gasteiger partial charge is 0.307 e. The number of carbonyl (C=O) groups excluding carboxylic acids is 2. The van der Waals surface area contributed by atoms with E-state index in [0.717, 1.165) is 0 Å². The number of nitrogens with zero attached hydrogens (tertiary/aromatic N) is 1. The molecular formula is C11H17N3O5S. The van der Waals surface area contributed by atoms with Crippen LogP contribution in [0, 0.1) is 0 Å². The summed E-state index contributed by atoms with van der Waals surface area (Å²) in [6.45, 7) is 0.116. The lowest BCUT2D eigenvalue weighted by Gasteiger charge is -2.04. The Morgan fingerprint density at radius 3 is 2.60 bits per heavy atom. The Morgan fingerprint density at radius 2 is 2.05 bits per heavy atom. The van der Waals surface area contributed by atoms with Gasteiger partial charge in [0, 0.05) is 19.8 Å². The molecule has 112 valence electrons. The number of aromatic nitrogens is 1. The van der Waals surface area contributed by atoms with Gasteiger partial charge in [-0.15, -0.1) is 0 Å². The largest absolute Gasteiger partial charge is 0.469 e. The molecule has 0 spiro atoms. The minimum atomic E-state index is -3.60. The molecule has 0 atom stereocenters. The average molecular weight is 303 g/mol. The Kier molecular flexibility index (Phi) is 5.28. The van der Waals surface area contributed by atoms with E-state index >= 15 is 0 Å². The molecule has 9 heteroatoms. The van der Waals surface area contributed by atoms with Crippen LogP contribution in [0.2, 0.25) is 0 Å². The third-order valence-corrected chi connectivity index (χ3v) is 4.02. The van der Waals surface area contributed by atoms with Gasteiger partial charge in [0.2, 0.25) is 10.0 Å². The van der Waals surface area contributed by atoms with Crippen molar-refractivity contribution in [2.45, 2.75) is 11.3 Å². The van der Waals surface area contributed by atoms with E-state index in [1.165, 1.54) is 31.0 Å². The zero-order valence-electron chi connectivity index (χ0n) is 11.5. The van der Waals surface area contributed by atoms with Crippen LogP contribution >= 0.6 is 0 Å². The molecule has 1 aromatic heterocycles. The van der Waals surface area contributed by atoms with Crippen LogP contribution in [-0.2, 0) is 26.6 Å². The summed E-state index contributed by atoms with van der Waals surface area (Å²) in [5.74, 6) is -0.899. The van der Waals surface area contributed by atoms with E-state index in [1.54, 1.807) is 7.05 Å². The van der Waals surface area contributed by atoms with Crippen LogP contribution in [0.5, 0.6) is 0 Å². The maximum atomic E-state index is 11.9. The molecule has 1 aromatic rings. The highest BCUT2D eigenvalue weighted by Gasteiger charge is 2.19. The van der Waals surface area contributed by atoms with Crippen molar-refractivity contribution in [1.29, 1.82) is 0 Å². The zero-order valence-corrected chi connectivity index (χ0v) is 12.3. The molecule has 1 rings (SSSR count). The second kappa shape index (κ2) is 6.53. The lowest BCUT2D eigenvalue weighted by atomic mass is 10.3. The van der Waals surface area contributed by atoms with E-state index in [2.05, 4.69) is 14.8 Å². The fraction of sp³-hybridized carbons (Fsp3) is 0.455. The van der Waals surface area contributed by atoms with Crippen LogP contribution in [-0.4, -0.2) is 45.6 Å². The van der Waals surface area contributed by atoms with Gasteiger partial charge < -0.3 is 14.6 Å². The average Bonchev–Trinajstić information content (AvgIpc) is 2.81. The number of carbonyl (C=O) groups is 2. The van der Waals surface area contributed by atoms with Crippen LogP contribution < -0.4 is 10.0 Å². The highest BCUT2D eigenvalue weighted by Crippen LogP contribution is 2.12. The number of rotatable bonds is 6. The second-order valence-electron chi connectivity index (χ2n) is 3.96. The molecule has 8 nitrogen and oxygen atoms in total. The highest BCUT2D eigenvalue weighted by atomic mass is 32.2. The van der Waals surface area contributed by atoms with E-state index in [-0.39, 0.29) is 23.6 Å². The maximum Gasteiger partial charge on any atom is 0.307 e. The summed E-state index contributed by atoms with van der Waals surface area (Å²) < 4.78 is 31.2. The minimum absolute atomic E-state index is 0.000572. The molecule has 0 fully saturated rings. The molecule has 20 heavy (non-hydrogen) atoms. The third kappa shape index (κ3) is 3.81. The summed E-state index contributed by atoms with van der Waals surface area (Å²) >= 11 is 0. The summed E-state index contributed by atoms with van der Waals surface area (Å²) in [7, 11) is 0.513. The van der Waals surface area contributed by atoms with Gasteiger partial charge >= 0.3 is 5.97 Å². The lowest BCUT2D eigenvalue weighted by molar-refractivity contribution is -0.140. The molecule has 2 N–H and O–H groups in total. The lowest BCUT2D eigenvalue weighted by Crippen LogP contribution is -2.27. The number of nitrogens with one attached hydrogen (secondary N) is 2. The standard InChI is InChI=1S/C11H17N3O5S/c1-12-20(17,18)8-6-9(14(2)7-8)11(16)13-5-4-10(15)19-3/h6-7,12H,4-5H2,1-3H3,(H,13,16). The number of hydrogen-bond donors (Lipinski definition) is 2. The van der Waals surface area contributed by atoms with Crippen molar-refractivity contribution < 1.29 is 22.7 Å². The number of aryl methyl sites for hydroxylation is 1. The molecule has 0 aromatic carbocycles. The van der Waals surface area contributed by atoms with Crippen LogP contribution in [0.4, 0.5) is 0 Å². The van der Waals surface area contributed by atoms with E-state index < -0.39 is 21.9 Å². The molecule has 0 saturated carbocycles. The summed E-state index contributed by atoms with van der Waals surface area (Å²) in [5, 5.41) is 2.51. The van der Waals surface area contributed by atoms with Gasteiger partial charge in [-0.3, -0.25) is 9.59 Å². The predicted octanol–water partition coefficient (Wildman–Crippen LogP) is -0.774. The SMILES string of the molecule is CNS(=O)(=O)c1cc(C(=O)NCCC(=O)OC)n(C)c1. The van der Waals surface area contributed by atoms with Crippen molar-refractivity contribution in [3.05, 3.63) is 18.0 Å². The quantitative estimate of drug-likeness (QED) is 0.671. The third-order valence-electron chi connectivity index (χ3n) is 2.63. The number of methoxy groups -OCH3 is 1. The normalized spacial score (nSPS) is 11.2. The van der Waals surface area contributed by atoms with E-state index in [0.29, 0.717) is 0 Å². The first-order valence-electron chi connectivity index (χ1n) is 5.76. The number of esters is 1. The number of hydrogen-bond acceptors (Lipinski definition) is 5. The molecule has 0 saturated heterocycles. The second-order valence-corrected chi connectivity index (χ2v) is 5.85. The Bertz CT molecular complexity index is 606. The monoisotopic (exact) mass is 303 g/mol. The van der Waals surface area contributed by atoms with Crippen molar-refractivity contribution in [3.63, 3.8) is 0 Å². The van der Waals surface area contributed by atoms with Crippen molar-refractivity contribution in [1.82, 2.24) is 14.6 Å². The molecule has 1 amide bonds. The number of amides is 1. The van der Waals surface area contributed by atoms with Gasteiger partial charge in [-0.1, -0.05) is 0 Å². The summed E-state index contributed by atoms with van der Waals surface area (Å²) in [4.78, 5) is 22.8. The van der Waals surface area contributed by atoms with Gasteiger partial charge in [0.05, 0.1) is 13.5 Å². The van der Waals surface area contributed by atoms with Gasteiger partial charge in [-0.2, -0.15) is 0 Å². The van der Waals surface area contributed by atoms with E-state index in [1.807, 2.05) is 0 Å². The molecule has 0 bridgehead atoms. The molecular weight excluding hydrogens is 286 g/mol. The van der Waals surface area contributed by atoms with E-state index in [4.69, 9.17) is 0 Å². The van der Waals surface area contributed by atoms with Crippen molar-refractivity contribution in [2.75, 3.05) is 20.7 Å². The highest BCUT2D eigenvalue weighted by molar-refractivity contribution is 7.89. The van der Waals surface area contributed by atoms with Gasteiger partial charge in [0.15, 0.2) is 0 Å². The first kappa shape index (κ1) is 16.2. The maximum absolute atomic E-state index is 11.9. The van der Waals surface area contributed by atoms with Crippen LogP contribution in [0.25, 0.3) is 0 Å². The van der Waals surface area contributed by atoms with Crippen LogP contribution in [0.3, 0.4) is 0 Å². The van der Waals surface area contributed by atoms with Crippen LogP contribution in [0.15, 0.2) is 17.2 Å². The van der Waals surface area contributed by atoms with E-state index in [9.17, 15) is 18.0 Å². The summed E-state index contributed by atoms with van der Waals surface area (Å²) in [6.07, 6.45) is 1.38. The first-order valence-corrected chi connectivity index (χ1v) is 7.25. The first-order chi connectivity index (χ1) is 9.31. The van der Waals surface area contributed by atoms with Gasteiger partial charge in [-0.25, -0.2) is 13.1 Å². The molecule has 0 aliphatic heterocycles. The van der Waals surface area contributed by atoms with Crippen molar-refractivity contribution >= 4 is 21.9 Å². The molecule has 0 unspecified atom stereocenters. The van der Waals surface area contributed by atoms with Gasteiger partial charge in [-0.05, 0) is 13.1 Å². The number of sulfonamides is 1. The van der Waals surface area contributed by atoms with Gasteiger partial charge in [0.25, 0.3) is 5.91 Å². The Balaban J connectivity index is 2.77. The Labute approximate surface area is 117 Å². The van der Waals surface area contributed by atoms with Crippen LogP contribution in [0.1, 0.15) is 16.9 Å². The summed E-state index contributed by atoms with van der Waals surface area (Å²) in [5.41, 5.74) is 0.184. The predicted molar refractivity (Wildman–Crippen MR) is 70.6 cm³/mol. The Hall–Kier alpha value is -1.87. The molecule has 0 aliphatic rings. The summed E-state index contributed by atoms with van der Waals surface area (Å²) in [6, 6.07) is 1.26. The fourth-order valence-electron chi connectivity index (χ4n) is 1.50. The Morgan fingerprint density at radius 1 is 1.40 bits per heavy atom. The molecule has 0 aliphatic carbocycles. The number of ether oxygens (including phenoxy) is 1. The zero-order chi connectivity index (χ0) is 15.3. The molecule has 1 heterocycles.